The fourth-order valence-electron chi connectivity index (χ4n) is 2.06. The van der Waals surface area contributed by atoms with Gasteiger partial charge in [-0.25, -0.2) is 0 Å². The number of methoxy groups -OCH3 is 1. The lowest BCUT2D eigenvalue weighted by atomic mass is 10.0. The highest BCUT2D eigenvalue weighted by Crippen LogP contribution is 2.39. The summed E-state index contributed by atoms with van der Waals surface area (Å²) >= 11 is 5.96. The average Bonchev–Trinajstić information content (AvgIpc) is 3.10. The molecule has 1 unspecified atom stereocenters. The average molecular weight is 240 g/mol. The lowest BCUT2D eigenvalue weighted by Gasteiger charge is -2.19. The fraction of sp³-hybridized carbons (Fsp3) is 0.538. The molecule has 0 aromatic heterocycles. The summed E-state index contributed by atoms with van der Waals surface area (Å²) in [4.78, 5) is 0. The summed E-state index contributed by atoms with van der Waals surface area (Å²) in [6, 6.07) is 6.25. The Balaban J connectivity index is 2.21. The Labute approximate surface area is 102 Å². The van der Waals surface area contributed by atoms with Crippen molar-refractivity contribution >= 4 is 11.6 Å². The largest absolute Gasteiger partial charge is 0.496 e. The third-order valence-electron chi connectivity index (χ3n) is 3.19. The summed E-state index contributed by atoms with van der Waals surface area (Å²) in [7, 11) is 3.69. The summed E-state index contributed by atoms with van der Waals surface area (Å²) in [5.74, 6) is 1.77. The first-order chi connectivity index (χ1) is 7.74. The standard InChI is InChI=1S/C13H18ClNO/c1-15-12(7-9-3-4-9)11-6-5-10(14)8-13(11)16-2/h5-6,8-9,12,15H,3-4,7H2,1-2H3. The minimum atomic E-state index is 0.375. The first-order valence-corrected chi connectivity index (χ1v) is 6.13. The van der Waals surface area contributed by atoms with Gasteiger partial charge in [-0.2, -0.15) is 0 Å². The molecule has 1 aliphatic rings. The van der Waals surface area contributed by atoms with Gasteiger partial charge in [-0.3, -0.25) is 0 Å². The van der Waals surface area contributed by atoms with E-state index in [1.807, 2.05) is 19.2 Å². The van der Waals surface area contributed by atoms with Crippen LogP contribution >= 0.6 is 11.6 Å². The lowest BCUT2D eigenvalue weighted by Crippen LogP contribution is -2.17. The first-order valence-electron chi connectivity index (χ1n) is 5.75. The zero-order valence-corrected chi connectivity index (χ0v) is 10.6. The van der Waals surface area contributed by atoms with Crippen molar-refractivity contribution in [1.29, 1.82) is 0 Å². The van der Waals surface area contributed by atoms with Crippen LogP contribution in [-0.2, 0) is 0 Å². The molecule has 1 N–H and O–H groups in total. The molecule has 1 saturated carbocycles. The summed E-state index contributed by atoms with van der Waals surface area (Å²) < 4.78 is 5.39. The molecule has 0 heterocycles. The Hall–Kier alpha value is -0.730. The smallest absolute Gasteiger partial charge is 0.125 e. The van der Waals surface area contributed by atoms with Gasteiger partial charge in [0.15, 0.2) is 0 Å². The van der Waals surface area contributed by atoms with E-state index in [2.05, 4.69) is 11.4 Å². The van der Waals surface area contributed by atoms with Crippen molar-refractivity contribution < 1.29 is 4.74 Å². The molecule has 1 fully saturated rings. The van der Waals surface area contributed by atoms with Crippen LogP contribution in [0.2, 0.25) is 5.02 Å². The molecule has 1 aliphatic carbocycles. The predicted octanol–water partition coefficient (Wildman–Crippen LogP) is 3.41. The van der Waals surface area contributed by atoms with Gasteiger partial charge in [0.25, 0.3) is 0 Å². The Kier molecular flexibility index (Phi) is 3.72. The molecule has 0 amide bonds. The number of benzene rings is 1. The highest BCUT2D eigenvalue weighted by Gasteiger charge is 2.26. The van der Waals surface area contributed by atoms with E-state index in [9.17, 15) is 0 Å². The maximum atomic E-state index is 5.96. The molecule has 16 heavy (non-hydrogen) atoms. The molecule has 1 atom stereocenters. The predicted molar refractivity (Wildman–Crippen MR) is 67.1 cm³/mol. The molecule has 2 nitrogen and oxygen atoms in total. The minimum Gasteiger partial charge on any atom is -0.496 e. The first kappa shape index (κ1) is 11.7. The number of rotatable bonds is 5. The third kappa shape index (κ3) is 2.69. The Morgan fingerprint density at radius 3 is 2.81 bits per heavy atom. The highest BCUT2D eigenvalue weighted by atomic mass is 35.5. The second-order valence-electron chi connectivity index (χ2n) is 4.41. The number of halogens is 1. The quantitative estimate of drug-likeness (QED) is 0.850. The third-order valence-corrected chi connectivity index (χ3v) is 3.42. The maximum Gasteiger partial charge on any atom is 0.125 e. The molecular formula is C13H18ClNO. The normalized spacial score (nSPS) is 17.2. The van der Waals surface area contributed by atoms with Crippen LogP contribution in [-0.4, -0.2) is 14.2 Å². The van der Waals surface area contributed by atoms with E-state index in [-0.39, 0.29) is 0 Å². The van der Waals surface area contributed by atoms with Crippen LogP contribution in [0.15, 0.2) is 18.2 Å². The Morgan fingerprint density at radius 2 is 2.25 bits per heavy atom. The molecule has 0 saturated heterocycles. The maximum absolute atomic E-state index is 5.96. The van der Waals surface area contributed by atoms with Crippen LogP contribution in [0.5, 0.6) is 5.75 Å². The van der Waals surface area contributed by atoms with Gasteiger partial charge in [-0.1, -0.05) is 30.5 Å². The van der Waals surface area contributed by atoms with Gasteiger partial charge in [-0.05, 0) is 31.5 Å². The number of ether oxygens (including phenoxy) is 1. The lowest BCUT2D eigenvalue weighted by molar-refractivity contribution is 0.396. The zero-order valence-electron chi connectivity index (χ0n) is 9.79. The second-order valence-corrected chi connectivity index (χ2v) is 4.84. The van der Waals surface area contributed by atoms with Crippen LogP contribution in [0.25, 0.3) is 0 Å². The van der Waals surface area contributed by atoms with E-state index >= 15 is 0 Å². The molecule has 0 radical (unpaired) electrons. The highest BCUT2D eigenvalue weighted by molar-refractivity contribution is 6.30. The number of hydrogen-bond acceptors (Lipinski definition) is 2. The van der Waals surface area contributed by atoms with Gasteiger partial charge in [-0.15, -0.1) is 0 Å². The second kappa shape index (κ2) is 5.07. The van der Waals surface area contributed by atoms with Gasteiger partial charge >= 0.3 is 0 Å². The van der Waals surface area contributed by atoms with Crippen molar-refractivity contribution in [2.24, 2.45) is 5.92 Å². The molecule has 2 rings (SSSR count). The summed E-state index contributed by atoms with van der Waals surface area (Å²) in [5.41, 5.74) is 1.21. The Morgan fingerprint density at radius 1 is 1.50 bits per heavy atom. The summed E-state index contributed by atoms with van der Waals surface area (Å²) in [6.45, 7) is 0. The van der Waals surface area contributed by atoms with E-state index in [0.29, 0.717) is 6.04 Å². The summed E-state index contributed by atoms with van der Waals surface area (Å²) in [5, 5.41) is 4.08. The minimum absolute atomic E-state index is 0.375. The molecule has 3 heteroatoms. The topological polar surface area (TPSA) is 21.3 Å². The van der Waals surface area contributed by atoms with Crippen LogP contribution in [0.1, 0.15) is 30.9 Å². The monoisotopic (exact) mass is 239 g/mol. The van der Waals surface area contributed by atoms with Gasteiger partial charge in [0.2, 0.25) is 0 Å². The van der Waals surface area contributed by atoms with Gasteiger partial charge < -0.3 is 10.1 Å². The van der Waals surface area contributed by atoms with E-state index in [1.54, 1.807) is 7.11 Å². The van der Waals surface area contributed by atoms with E-state index in [1.165, 1.54) is 24.8 Å². The van der Waals surface area contributed by atoms with E-state index < -0.39 is 0 Å². The van der Waals surface area contributed by atoms with E-state index in [0.717, 1.165) is 16.7 Å². The van der Waals surface area contributed by atoms with Crippen molar-refractivity contribution in [2.75, 3.05) is 14.2 Å². The molecule has 88 valence electrons. The van der Waals surface area contributed by atoms with Crippen LogP contribution < -0.4 is 10.1 Å². The molecule has 0 aliphatic heterocycles. The number of nitrogens with one attached hydrogen (secondary N) is 1. The zero-order chi connectivity index (χ0) is 11.5. The van der Waals surface area contributed by atoms with Crippen LogP contribution in [0.3, 0.4) is 0 Å². The summed E-state index contributed by atoms with van der Waals surface area (Å²) in [6.07, 6.45) is 3.93. The van der Waals surface area contributed by atoms with Crippen molar-refractivity contribution in [3.63, 3.8) is 0 Å². The number of hydrogen-bond donors (Lipinski definition) is 1. The van der Waals surface area contributed by atoms with Crippen molar-refractivity contribution in [1.82, 2.24) is 5.32 Å². The molecule has 0 spiro atoms. The molecular weight excluding hydrogens is 222 g/mol. The van der Waals surface area contributed by atoms with Crippen LogP contribution in [0, 0.1) is 5.92 Å². The molecule has 0 bridgehead atoms. The van der Waals surface area contributed by atoms with Gasteiger partial charge in [0.05, 0.1) is 7.11 Å². The van der Waals surface area contributed by atoms with Crippen molar-refractivity contribution in [2.45, 2.75) is 25.3 Å². The van der Waals surface area contributed by atoms with E-state index in [4.69, 9.17) is 16.3 Å². The van der Waals surface area contributed by atoms with Crippen molar-refractivity contribution in [3.05, 3.63) is 28.8 Å². The van der Waals surface area contributed by atoms with Gasteiger partial charge in [0, 0.05) is 16.6 Å². The Bertz CT molecular complexity index is 363. The SMILES string of the molecule is CNC(CC1CC1)c1ccc(Cl)cc1OC. The fourth-order valence-corrected chi connectivity index (χ4v) is 2.22. The molecule has 1 aromatic rings. The van der Waals surface area contributed by atoms with Crippen LogP contribution in [0.4, 0.5) is 0 Å². The molecule has 1 aromatic carbocycles. The van der Waals surface area contributed by atoms with Crippen molar-refractivity contribution in [3.8, 4) is 5.75 Å². The van der Waals surface area contributed by atoms with Gasteiger partial charge in [0.1, 0.15) is 5.75 Å².